The molecule has 198 valence electrons. The van der Waals surface area contributed by atoms with Gasteiger partial charge in [0.25, 0.3) is 6.43 Å². The highest BCUT2D eigenvalue weighted by atomic mass is 19.3. The molecule has 2 aliphatic rings. The van der Waals surface area contributed by atoms with E-state index in [1.54, 1.807) is 13.2 Å². The second-order valence-electron chi connectivity index (χ2n) is 10.1. The molecule has 0 amide bonds. The van der Waals surface area contributed by atoms with E-state index < -0.39 is 12.4 Å². The summed E-state index contributed by atoms with van der Waals surface area (Å²) in [6.07, 6.45) is 1.58. The van der Waals surface area contributed by atoms with Crippen LogP contribution in [0.15, 0.2) is 36.5 Å². The Morgan fingerprint density at radius 1 is 1.16 bits per heavy atom. The van der Waals surface area contributed by atoms with Crippen LogP contribution in [0.3, 0.4) is 0 Å². The van der Waals surface area contributed by atoms with Crippen LogP contribution in [-0.2, 0) is 6.54 Å². The summed E-state index contributed by atoms with van der Waals surface area (Å²) in [7, 11) is 1.67. The molecule has 2 fully saturated rings. The molecule has 2 saturated heterocycles. The van der Waals surface area contributed by atoms with Crippen LogP contribution in [-0.4, -0.2) is 78.7 Å². The van der Waals surface area contributed by atoms with Crippen LogP contribution in [0.25, 0.3) is 10.9 Å². The highest BCUT2D eigenvalue weighted by Gasteiger charge is 2.32. The number of carboxylic acids is 1. The van der Waals surface area contributed by atoms with Gasteiger partial charge in [0.2, 0.25) is 0 Å². The Hall–Kier alpha value is -3.17. The van der Waals surface area contributed by atoms with Crippen LogP contribution < -0.4 is 9.64 Å². The Labute approximate surface area is 215 Å². The van der Waals surface area contributed by atoms with Gasteiger partial charge in [0.15, 0.2) is 0 Å². The molecule has 0 radical (unpaired) electrons. The fraction of sp³-hybridized carbons (Fsp3) is 0.464. The van der Waals surface area contributed by atoms with Crippen molar-refractivity contribution in [1.82, 2.24) is 14.8 Å². The van der Waals surface area contributed by atoms with Crippen molar-refractivity contribution in [2.24, 2.45) is 0 Å². The lowest BCUT2D eigenvalue weighted by Crippen LogP contribution is -2.49. The number of halogens is 2. The van der Waals surface area contributed by atoms with E-state index in [-0.39, 0.29) is 18.2 Å². The van der Waals surface area contributed by atoms with Crippen molar-refractivity contribution in [3.63, 3.8) is 0 Å². The third-order valence-electron chi connectivity index (χ3n) is 7.75. The number of H-pyrrole nitrogens is 1. The van der Waals surface area contributed by atoms with E-state index in [0.717, 1.165) is 65.0 Å². The normalized spacial score (nSPS) is 19.3. The van der Waals surface area contributed by atoms with Gasteiger partial charge in [0.05, 0.1) is 24.9 Å². The maximum atomic E-state index is 13.3. The molecule has 0 saturated carbocycles. The number of fused-ring (bicyclic) bond motifs is 1. The lowest BCUT2D eigenvalue weighted by atomic mass is 9.97. The summed E-state index contributed by atoms with van der Waals surface area (Å²) >= 11 is 0. The average Bonchev–Trinajstić information content (AvgIpc) is 3.58. The number of methoxy groups -OCH3 is 1. The summed E-state index contributed by atoms with van der Waals surface area (Å²) in [6.45, 7) is 5.60. The SMILES string of the molecule is COc1cc(C)c2[nH]ccc2c1CN1CCN(CC(F)F)CC1c1ccc(C(=O)O)c(N2CCCC2)c1. The van der Waals surface area contributed by atoms with Gasteiger partial charge < -0.3 is 19.7 Å². The van der Waals surface area contributed by atoms with Gasteiger partial charge in [-0.05, 0) is 55.2 Å². The number of alkyl halides is 2. The first-order valence-corrected chi connectivity index (χ1v) is 12.9. The molecule has 37 heavy (non-hydrogen) atoms. The summed E-state index contributed by atoms with van der Waals surface area (Å²) in [5.41, 5.74) is 5.16. The number of benzene rings is 2. The van der Waals surface area contributed by atoms with Gasteiger partial charge in [-0.25, -0.2) is 13.6 Å². The fourth-order valence-corrected chi connectivity index (χ4v) is 5.88. The highest BCUT2D eigenvalue weighted by molar-refractivity contribution is 5.94. The number of nitrogens with zero attached hydrogens (tertiary/aromatic N) is 3. The third-order valence-corrected chi connectivity index (χ3v) is 7.75. The molecule has 0 spiro atoms. The van der Waals surface area contributed by atoms with Crippen molar-refractivity contribution in [3.8, 4) is 5.75 Å². The molecule has 5 rings (SSSR count). The smallest absolute Gasteiger partial charge is 0.337 e. The number of aromatic nitrogens is 1. The summed E-state index contributed by atoms with van der Waals surface area (Å²) in [5, 5.41) is 10.9. The van der Waals surface area contributed by atoms with Crippen molar-refractivity contribution in [1.29, 1.82) is 0 Å². The molecular formula is C28H34F2N4O3. The number of rotatable bonds is 8. The molecule has 2 aliphatic heterocycles. The molecule has 2 aromatic carbocycles. The molecule has 0 bridgehead atoms. The van der Waals surface area contributed by atoms with Crippen LogP contribution in [0.5, 0.6) is 5.75 Å². The van der Waals surface area contributed by atoms with Crippen molar-refractivity contribution in [2.45, 2.75) is 38.8 Å². The van der Waals surface area contributed by atoms with E-state index in [2.05, 4.69) is 20.9 Å². The molecule has 0 aliphatic carbocycles. The highest BCUT2D eigenvalue weighted by Crippen LogP contribution is 2.37. The first kappa shape index (κ1) is 25.5. The quantitative estimate of drug-likeness (QED) is 0.447. The molecule has 3 heterocycles. The number of piperazine rings is 1. The Morgan fingerprint density at radius 2 is 1.95 bits per heavy atom. The minimum Gasteiger partial charge on any atom is -0.496 e. The number of aryl methyl sites for hydroxylation is 1. The van der Waals surface area contributed by atoms with Crippen LogP contribution in [0, 0.1) is 6.92 Å². The number of nitrogens with one attached hydrogen (secondary N) is 1. The van der Waals surface area contributed by atoms with Crippen molar-refractivity contribution < 1.29 is 23.4 Å². The van der Waals surface area contributed by atoms with Gasteiger partial charge in [-0.1, -0.05) is 6.07 Å². The van der Waals surface area contributed by atoms with Gasteiger partial charge in [-0.15, -0.1) is 0 Å². The Morgan fingerprint density at radius 3 is 2.65 bits per heavy atom. The number of hydrogen-bond donors (Lipinski definition) is 2. The van der Waals surface area contributed by atoms with E-state index in [9.17, 15) is 18.7 Å². The van der Waals surface area contributed by atoms with Crippen LogP contribution in [0.4, 0.5) is 14.5 Å². The molecular weight excluding hydrogens is 478 g/mol. The first-order chi connectivity index (χ1) is 17.9. The number of aromatic carboxylic acids is 1. The molecule has 1 unspecified atom stereocenters. The van der Waals surface area contributed by atoms with Crippen LogP contribution in [0.1, 0.15) is 45.9 Å². The number of hydrogen-bond acceptors (Lipinski definition) is 5. The van der Waals surface area contributed by atoms with E-state index in [1.165, 1.54) is 0 Å². The van der Waals surface area contributed by atoms with Crippen molar-refractivity contribution >= 4 is 22.6 Å². The van der Waals surface area contributed by atoms with Crippen molar-refractivity contribution in [3.05, 3.63) is 58.8 Å². The zero-order valence-electron chi connectivity index (χ0n) is 21.3. The van der Waals surface area contributed by atoms with Crippen LogP contribution >= 0.6 is 0 Å². The lowest BCUT2D eigenvalue weighted by molar-refractivity contribution is 0.0246. The molecule has 2 N–H and O–H groups in total. The number of aromatic amines is 1. The van der Waals surface area contributed by atoms with Gasteiger partial charge in [0, 0.05) is 68.0 Å². The molecule has 1 atom stereocenters. The van der Waals surface area contributed by atoms with E-state index >= 15 is 0 Å². The summed E-state index contributed by atoms with van der Waals surface area (Å²) in [6, 6.07) is 9.41. The fourth-order valence-electron chi connectivity index (χ4n) is 5.88. The van der Waals surface area contributed by atoms with E-state index in [4.69, 9.17) is 4.74 Å². The van der Waals surface area contributed by atoms with E-state index in [1.807, 2.05) is 36.2 Å². The average molecular weight is 513 g/mol. The third kappa shape index (κ3) is 5.15. The minimum absolute atomic E-state index is 0.170. The van der Waals surface area contributed by atoms with Gasteiger partial charge in [-0.3, -0.25) is 9.80 Å². The first-order valence-electron chi connectivity index (χ1n) is 12.9. The number of anilines is 1. The van der Waals surface area contributed by atoms with Crippen molar-refractivity contribution in [2.75, 3.05) is 51.3 Å². The molecule has 7 nitrogen and oxygen atoms in total. The zero-order valence-corrected chi connectivity index (χ0v) is 21.3. The monoisotopic (exact) mass is 512 g/mol. The summed E-state index contributed by atoms with van der Waals surface area (Å²) in [4.78, 5) is 21.6. The molecule has 1 aromatic heterocycles. The maximum absolute atomic E-state index is 13.3. The largest absolute Gasteiger partial charge is 0.496 e. The molecule has 3 aromatic rings. The molecule has 9 heteroatoms. The van der Waals surface area contributed by atoms with Crippen LogP contribution in [0.2, 0.25) is 0 Å². The second kappa shape index (κ2) is 10.7. The zero-order chi connectivity index (χ0) is 26.1. The Kier molecular flexibility index (Phi) is 7.35. The van der Waals surface area contributed by atoms with Gasteiger partial charge in [0.1, 0.15) is 5.75 Å². The lowest BCUT2D eigenvalue weighted by Gasteiger charge is -2.42. The predicted molar refractivity (Wildman–Crippen MR) is 140 cm³/mol. The van der Waals surface area contributed by atoms with Gasteiger partial charge >= 0.3 is 5.97 Å². The second-order valence-corrected chi connectivity index (χ2v) is 10.1. The predicted octanol–water partition coefficient (Wildman–Crippen LogP) is 4.91. The number of carbonyl (C=O) groups is 1. The number of carboxylic acid groups (broad SMARTS) is 1. The van der Waals surface area contributed by atoms with E-state index in [0.29, 0.717) is 26.2 Å². The standard InChI is InChI=1S/C28H34F2N4O3/c1-18-13-25(37-2)22(20-7-8-31-27(18)20)15-34-12-11-32(17-26(29)30)16-24(34)19-5-6-21(28(35)36)23(14-19)33-9-3-4-10-33/h5-8,13-14,24,26,31H,3-4,9-12,15-17H2,1-2H3,(H,35,36). The number of ether oxygens (including phenoxy) is 1. The topological polar surface area (TPSA) is 72.0 Å². The minimum atomic E-state index is -2.40. The maximum Gasteiger partial charge on any atom is 0.337 e. The Balaban J connectivity index is 1.54. The summed E-state index contributed by atoms with van der Waals surface area (Å²) < 4.78 is 32.4. The van der Waals surface area contributed by atoms with Gasteiger partial charge in [-0.2, -0.15) is 0 Å². The summed E-state index contributed by atoms with van der Waals surface area (Å²) in [5.74, 6) is -0.148. The Bertz CT molecular complexity index is 1270.